The minimum atomic E-state index is -4.23. The average molecular weight is 562 g/mol. The molecular formula is C19H28ClF3IN5O. The van der Waals surface area contributed by atoms with Gasteiger partial charge < -0.3 is 15.5 Å². The number of piperazine rings is 1. The highest BCUT2D eigenvalue weighted by Gasteiger charge is 2.41. The Morgan fingerprint density at radius 2 is 1.90 bits per heavy atom. The number of nitrogens with zero attached hydrogens (tertiary/aromatic N) is 3. The summed E-state index contributed by atoms with van der Waals surface area (Å²) >= 11 is 6.05. The lowest BCUT2D eigenvalue weighted by molar-refractivity contribution is -0.181. The van der Waals surface area contributed by atoms with Crippen molar-refractivity contribution in [3.8, 4) is 0 Å². The molecule has 0 saturated carbocycles. The molecule has 1 aromatic carbocycles. The second-order valence-electron chi connectivity index (χ2n) is 6.93. The SMILES string of the molecule is CN=C(NCCC(=O)Nc1cccc(Cl)c1C)N1CCN(C(C)C(F)(F)F)CC1.I. The van der Waals surface area contributed by atoms with Gasteiger partial charge in [-0.1, -0.05) is 17.7 Å². The van der Waals surface area contributed by atoms with Crippen LogP contribution < -0.4 is 10.6 Å². The molecule has 1 atom stereocenters. The molecular weight excluding hydrogens is 534 g/mol. The van der Waals surface area contributed by atoms with Crippen LogP contribution in [0, 0.1) is 6.92 Å². The third kappa shape index (κ3) is 7.45. The highest BCUT2D eigenvalue weighted by Crippen LogP contribution is 2.25. The predicted molar refractivity (Wildman–Crippen MR) is 125 cm³/mol. The lowest BCUT2D eigenvalue weighted by atomic mass is 10.2. The van der Waals surface area contributed by atoms with E-state index in [2.05, 4.69) is 15.6 Å². The molecule has 1 fully saturated rings. The molecule has 6 nitrogen and oxygen atoms in total. The van der Waals surface area contributed by atoms with Gasteiger partial charge in [0.25, 0.3) is 0 Å². The van der Waals surface area contributed by atoms with Crippen LogP contribution in [-0.4, -0.2) is 73.7 Å². The van der Waals surface area contributed by atoms with Crippen molar-refractivity contribution in [2.24, 2.45) is 4.99 Å². The number of anilines is 1. The van der Waals surface area contributed by atoms with Gasteiger partial charge >= 0.3 is 6.18 Å². The highest BCUT2D eigenvalue weighted by molar-refractivity contribution is 14.0. The van der Waals surface area contributed by atoms with Crippen molar-refractivity contribution < 1.29 is 18.0 Å². The van der Waals surface area contributed by atoms with Crippen LogP contribution in [0.25, 0.3) is 0 Å². The maximum Gasteiger partial charge on any atom is 0.403 e. The monoisotopic (exact) mass is 561 g/mol. The molecule has 1 unspecified atom stereocenters. The van der Waals surface area contributed by atoms with E-state index in [9.17, 15) is 18.0 Å². The molecule has 1 heterocycles. The molecule has 1 amide bonds. The van der Waals surface area contributed by atoms with Crippen LogP contribution in [-0.2, 0) is 4.79 Å². The standard InChI is InChI=1S/C19H27ClF3N5O.HI/c1-13-15(20)5-4-6-16(13)26-17(29)7-8-25-18(24-3)28-11-9-27(10-12-28)14(2)19(21,22)23;/h4-6,14H,7-12H2,1-3H3,(H,24,25)(H,26,29);1H. The quantitative estimate of drug-likeness (QED) is 0.327. The first-order valence-corrected chi connectivity index (χ1v) is 9.82. The van der Waals surface area contributed by atoms with Gasteiger partial charge in [0.15, 0.2) is 5.96 Å². The Kier molecular flexibility index (Phi) is 10.7. The Balaban J connectivity index is 0.00000450. The van der Waals surface area contributed by atoms with Crippen molar-refractivity contribution in [1.82, 2.24) is 15.1 Å². The third-order valence-electron chi connectivity index (χ3n) is 5.02. The minimum Gasteiger partial charge on any atom is -0.356 e. The van der Waals surface area contributed by atoms with Crippen LogP contribution in [0.1, 0.15) is 18.9 Å². The lowest BCUT2D eigenvalue weighted by Gasteiger charge is -2.39. The first kappa shape index (κ1) is 26.8. The first-order valence-electron chi connectivity index (χ1n) is 9.44. The second kappa shape index (κ2) is 11.9. The summed E-state index contributed by atoms with van der Waals surface area (Å²) in [6.07, 6.45) is -4.01. The molecule has 1 aliphatic heterocycles. The third-order valence-corrected chi connectivity index (χ3v) is 5.43. The fraction of sp³-hybridized carbons (Fsp3) is 0.579. The number of carbonyl (C=O) groups is 1. The Morgan fingerprint density at radius 3 is 2.47 bits per heavy atom. The van der Waals surface area contributed by atoms with Crippen LogP contribution in [0.5, 0.6) is 0 Å². The normalized spacial score (nSPS) is 16.6. The lowest BCUT2D eigenvalue weighted by Crippen LogP contribution is -2.56. The number of aliphatic imine (C=N–C) groups is 1. The average Bonchev–Trinajstić information content (AvgIpc) is 2.68. The minimum absolute atomic E-state index is 0. The topological polar surface area (TPSA) is 60.0 Å². The number of hydrogen-bond donors (Lipinski definition) is 2. The molecule has 11 heteroatoms. The number of carbonyl (C=O) groups excluding carboxylic acids is 1. The number of hydrogen-bond acceptors (Lipinski definition) is 3. The van der Waals surface area contributed by atoms with Crippen molar-refractivity contribution in [2.45, 2.75) is 32.5 Å². The summed E-state index contributed by atoms with van der Waals surface area (Å²) in [5, 5.41) is 6.51. The summed E-state index contributed by atoms with van der Waals surface area (Å²) in [6.45, 7) is 4.85. The van der Waals surface area contributed by atoms with Gasteiger partial charge in [-0.05, 0) is 31.5 Å². The van der Waals surface area contributed by atoms with E-state index in [-0.39, 0.29) is 36.3 Å². The van der Waals surface area contributed by atoms with E-state index in [1.807, 2.05) is 11.8 Å². The van der Waals surface area contributed by atoms with Crippen LogP contribution >= 0.6 is 35.6 Å². The van der Waals surface area contributed by atoms with E-state index in [1.54, 1.807) is 25.2 Å². The van der Waals surface area contributed by atoms with Crippen molar-refractivity contribution in [2.75, 3.05) is 45.1 Å². The van der Waals surface area contributed by atoms with E-state index in [1.165, 1.54) is 11.8 Å². The Hall–Kier alpha value is -1.27. The maximum absolute atomic E-state index is 12.9. The van der Waals surface area contributed by atoms with Crippen molar-refractivity contribution in [3.05, 3.63) is 28.8 Å². The fourth-order valence-electron chi connectivity index (χ4n) is 3.10. The van der Waals surface area contributed by atoms with E-state index in [4.69, 9.17) is 11.6 Å². The van der Waals surface area contributed by atoms with Gasteiger partial charge in [0.1, 0.15) is 6.04 Å². The molecule has 1 aromatic rings. The largest absolute Gasteiger partial charge is 0.403 e. The molecule has 2 N–H and O–H groups in total. The van der Waals surface area contributed by atoms with Crippen molar-refractivity contribution >= 4 is 53.1 Å². The van der Waals surface area contributed by atoms with Gasteiger partial charge in [-0.3, -0.25) is 14.7 Å². The fourth-order valence-corrected chi connectivity index (χ4v) is 3.28. The molecule has 0 radical (unpaired) electrons. The summed E-state index contributed by atoms with van der Waals surface area (Å²) in [5.74, 6) is 0.415. The number of rotatable bonds is 5. The Labute approximate surface area is 197 Å². The second-order valence-corrected chi connectivity index (χ2v) is 7.33. The molecule has 0 bridgehead atoms. The first-order chi connectivity index (χ1) is 13.6. The van der Waals surface area contributed by atoms with Gasteiger partial charge in [-0.2, -0.15) is 13.2 Å². The highest BCUT2D eigenvalue weighted by atomic mass is 127. The zero-order chi connectivity index (χ0) is 21.6. The molecule has 0 aliphatic carbocycles. The molecule has 2 rings (SSSR count). The zero-order valence-electron chi connectivity index (χ0n) is 17.2. The maximum atomic E-state index is 12.9. The molecule has 1 aliphatic rings. The Morgan fingerprint density at radius 1 is 1.27 bits per heavy atom. The van der Waals surface area contributed by atoms with Crippen molar-refractivity contribution in [3.63, 3.8) is 0 Å². The van der Waals surface area contributed by atoms with Gasteiger partial charge in [0.2, 0.25) is 5.91 Å². The van der Waals surface area contributed by atoms with E-state index in [0.29, 0.717) is 49.4 Å². The summed E-state index contributed by atoms with van der Waals surface area (Å²) < 4.78 is 38.6. The smallest absolute Gasteiger partial charge is 0.356 e. The summed E-state index contributed by atoms with van der Waals surface area (Å²) in [5.41, 5.74) is 1.47. The van der Waals surface area contributed by atoms with E-state index in [0.717, 1.165) is 5.56 Å². The predicted octanol–water partition coefficient (Wildman–Crippen LogP) is 3.74. The van der Waals surface area contributed by atoms with Crippen molar-refractivity contribution in [1.29, 1.82) is 0 Å². The van der Waals surface area contributed by atoms with E-state index >= 15 is 0 Å². The molecule has 0 spiro atoms. The molecule has 170 valence electrons. The van der Waals surface area contributed by atoms with Crippen LogP contribution in [0.15, 0.2) is 23.2 Å². The van der Waals surface area contributed by atoms with Gasteiger partial charge in [-0.25, -0.2) is 0 Å². The molecule has 1 saturated heterocycles. The van der Waals surface area contributed by atoms with E-state index < -0.39 is 12.2 Å². The van der Waals surface area contributed by atoms with Crippen LogP contribution in [0.2, 0.25) is 5.02 Å². The number of alkyl halides is 3. The number of amides is 1. The molecule has 30 heavy (non-hydrogen) atoms. The van der Waals surface area contributed by atoms with Crippen LogP contribution in [0.4, 0.5) is 18.9 Å². The summed E-state index contributed by atoms with van der Waals surface area (Å²) in [4.78, 5) is 19.7. The number of nitrogens with one attached hydrogen (secondary N) is 2. The summed E-state index contributed by atoms with van der Waals surface area (Å²) in [7, 11) is 1.61. The number of benzene rings is 1. The van der Waals surface area contributed by atoms with Gasteiger partial charge in [0.05, 0.1) is 0 Å². The summed E-state index contributed by atoms with van der Waals surface area (Å²) in [6, 6.07) is 3.85. The number of halogens is 5. The van der Waals surface area contributed by atoms with Crippen LogP contribution in [0.3, 0.4) is 0 Å². The zero-order valence-corrected chi connectivity index (χ0v) is 20.3. The Bertz CT molecular complexity index is 739. The molecule has 0 aromatic heterocycles. The van der Waals surface area contributed by atoms with Gasteiger partial charge in [-0.15, -0.1) is 24.0 Å². The number of guanidine groups is 1. The van der Waals surface area contributed by atoms with Gasteiger partial charge in [0, 0.05) is 56.9 Å².